The number of hydrogen-bond donors (Lipinski definition) is 1. The van der Waals surface area contributed by atoms with E-state index in [1.54, 1.807) is 0 Å². The minimum Gasteiger partial charge on any atom is -0.373 e. The summed E-state index contributed by atoms with van der Waals surface area (Å²) in [6.45, 7) is 5.86. The Morgan fingerprint density at radius 3 is 3.06 bits per heavy atom. The van der Waals surface area contributed by atoms with E-state index in [9.17, 15) is 0 Å². The summed E-state index contributed by atoms with van der Waals surface area (Å²) in [6, 6.07) is 6.22. The number of nitrogens with zero attached hydrogens (tertiary/aromatic N) is 2. The molecule has 2 N–H and O–H groups in total. The van der Waals surface area contributed by atoms with Crippen LogP contribution in [0.3, 0.4) is 0 Å². The number of benzene rings is 1. The molecule has 96 valence electrons. The first kappa shape index (κ1) is 11.5. The van der Waals surface area contributed by atoms with E-state index in [0.29, 0.717) is 5.95 Å². The summed E-state index contributed by atoms with van der Waals surface area (Å²) in [5.41, 5.74) is 9.21. The van der Waals surface area contributed by atoms with Gasteiger partial charge >= 0.3 is 0 Å². The van der Waals surface area contributed by atoms with E-state index >= 15 is 0 Å². The summed E-state index contributed by atoms with van der Waals surface area (Å²) in [5.74, 6) is 0.576. The Morgan fingerprint density at radius 2 is 2.33 bits per heavy atom. The van der Waals surface area contributed by atoms with Gasteiger partial charge in [-0.05, 0) is 44.4 Å². The lowest BCUT2D eigenvalue weighted by atomic mass is 10.0. The van der Waals surface area contributed by atoms with Crippen LogP contribution < -0.4 is 5.73 Å². The van der Waals surface area contributed by atoms with Crippen LogP contribution in [-0.2, 0) is 11.3 Å². The average Bonchev–Trinajstić information content (AvgIpc) is 2.86. The van der Waals surface area contributed by atoms with Crippen LogP contribution in [0.1, 0.15) is 25.3 Å². The van der Waals surface area contributed by atoms with Gasteiger partial charge in [0.2, 0.25) is 5.95 Å². The molecule has 0 bridgehead atoms. The van der Waals surface area contributed by atoms with E-state index in [0.717, 1.165) is 37.0 Å². The maximum Gasteiger partial charge on any atom is 0.201 e. The van der Waals surface area contributed by atoms with Crippen LogP contribution >= 0.6 is 0 Å². The summed E-state index contributed by atoms with van der Waals surface area (Å²) in [6.07, 6.45) is 2.21. The van der Waals surface area contributed by atoms with Crippen molar-refractivity contribution < 1.29 is 4.74 Å². The molecule has 0 amide bonds. The summed E-state index contributed by atoms with van der Waals surface area (Å²) in [7, 11) is 0. The Bertz CT molecular complexity index is 582. The molecular weight excluding hydrogens is 226 g/mol. The number of hydrogen-bond acceptors (Lipinski definition) is 3. The summed E-state index contributed by atoms with van der Waals surface area (Å²) in [5, 5.41) is 0. The molecule has 3 rings (SSSR count). The Hall–Kier alpha value is -1.55. The van der Waals surface area contributed by atoms with Gasteiger partial charge in [-0.25, -0.2) is 4.98 Å². The molecule has 1 atom stereocenters. The fourth-order valence-electron chi connectivity index (χ4n) is 2.71. The van der Waals surface area contributed by atoms with Gasteiger partial charge in [-0.15, -0.1) is 0 Å². The van der Waals surface area contributed by atoms with Gasteiger partial charge in [0.05, 0.1) is 23.2 Å². The van der Waals surface area contributed by atoms with Gasteiger partial charge in [-0.1, -0.05) is 6.07 Å². The van der Waals surface area contributed by atoms with Crippen LogP contribution in [0.2, 0.25) is 0 Å². The molecule has 1 unspecified atom stereocenters. The Balaban J connectivity index is 2.05. The predicted molar refractivity (Wildman–Crippen MR) is 72.5 cm³/mol. The van der Waals surface area contributed by atoms with Crippen molar-refractivity contribution in [1.82, 2.24) is 9.55 Å². The number of nitrogen functional groups attached to an aromatic ring is 1. The molecule has 0 saturated carbocycles. The molecule has 4 nitrogen and oxygen atoms in total. The van der Waals surface area contributed by atoms with Crippen LogP contribution in [0.15, 0.2) is 18.2 Å². The number of ether oxygens (including phenoxy) is 1. The Morgan fingerprint density at radius 1 is 1.50 bits per heavy atom. The topological polar surface area (TPSA) is 53.1 Å². The second-order valence-electron chi connectivity index (χ2n) is 5.45. The van der Waals surface area contributed by atoms with Gasteiger partial charge in [0.1, 0.15) is 0 Å². The highest BCUT2D eigenvalue weighted by Gasteiger charge is 2.31. The van der Waals surface area contributed by atoms with E-state index < -0.39 is 0 Å². The van der Waals surface area contributed by atoms with E-state index in [1.807, 2.05) is 6.07 Å². The van der Waals surface area contributed by atoms with Crippen LogP contribution in [0.5, 0.6) is 0 Å². The van der Waals surface area contributed by atoms with Gasteiger partial charge in [0, 0.05) is 6.61 Å². The van der Waals surface area contributed by atoms with Crippen molar-refractivity contribution in [3.8, 4) is 0 Å². The monoisotopic (exact) mass is 245 g/mol. The van der Waals surface area contributed by atoms with Crippen molar-refractivity contribution >= 4 is 17.0 Å². The predicted octanol–water partition coefficient (Wildman–Crippen LogP) is 2.50. The number of aromatic nitrogens is 2. The molecule has 1 aromatic carbocycles. The molecule has 0 aliphatic carbocycles. The number of nitrogens with two attached hydrogens (primary N) is 1. The lowest BCUT2D eigenvalue weighted by molar-refractivity contribution is 0.00750. The van der Waals surface area contributed by atoms with Crippen molar-refractivity contribution in [2.45, 2.75) is 38.8 Å². The average molecular weight is 245 g/mol. The fraction of sp³-hybridized carbons (Fsp3) is 0.500. The highest BCUT2D eigenvalue weighted by molar-refractivity contribution is 5.79. The molecule has 0 radical (unpaired) electrons. The minimum absolute atomic E-state index is 0.106. The summed E-state index contributed by atoms with van der Waals surface area (Å²) < 4.78 is 7.92. The van der Waals surface area contributed by atoms with Gasteiger partial charge in [-0.3, -0.25) is 0 Å². The number of imidazole rings is 1. The summed E-state index contributed by atoms with van der Waals surface area (Å²) in [4.78, 5) is 4.41. The van der Waals surface area contributed by atoms with Crippen molar-refractivity contribution in [2.24, 2.45) is 0 Å². The highest BCUT2D eigenvalue weighted by atomic mass is 16.5. The van der Waals surface area contributed by atoms with Crippen molar-refractivity contribution in [1.29, 1.82) is 0 Å². The molecule has 1 aliphatic rings. The maximum atomic E-state index is 6.04. The first-order chi connectivity index (χ1) is 8.57. The minimum atomic E-state index is -0.106. The zero-order valence-electron chi connectivity index (χ0n) is 10.9. The lowest BCUT2D eigenvalue weighted by Gasteiger charge is -2.24. The Labute approximate surface area is 107 Å². The largest absolute Gasteiger partial charge is 0.373 e. The van der Waals surface area contributed by atoms with Gasteiger partial charge < -0.3 is 15.0 Å². The van der Waals surface area contributed by atoms with Crippen LogP contribution in [0, 0.1) is 6.92 Å². The van der Waals surface area contributed by atoms with Gasteiger partial charge in [0.25, 0.3) is 0 Å². The second-order valence-corrected chi connectivity index (χ2v) is 5.45. The molecule has 0 spiro atoms. The van der Waals surface area contributed by atoms with Crippen molar-refractivity contribution in [3.63, 3.8) is 0 Å². The van der Waals surface area contributed by atoms with E-state index in [-0.39, 0.29) is 5.60 Å². The van der Waals surface area contributed by atoms with Crippen LogP contribution in [-0.4, -0.2) is 21.8 Å². The summed E-state index contributed by atoms with van der Waals surface area (Å²) >= 11 is 0. The Kier molecular flexibility index (Phi) is 2.55. The molecule has 2 heterocycles. The maximum absolute atomic E-state index is 6.04. The molecule has 18 heavy (non-hydrogen) atoms. The number of aryl methyl sites for hydroxylation is 1. The molecule has 4 heteroatoms. The van der Waals surface area contributed by atoms with Gasteiger partial charge in [0.15, 0.2) is 0 Å². The normalized spacial score (nSPS) is 23.9. The molecule has 1 fully saturated rings. The lowest BCUT2D eigenvalue weighted by Crippen LogP contribution is -2.30. The van der Waals surface area contributed by atoms with Crippen LogP contribution in [0.25, 0.3) is 11.0 Å². The van der Waals surface area contributed by atoms with E-state index in [1.165, 1.54) is 5.56 Å². The second kappa shape index (κ2) is 3.99. The van der Waals surface area contributed by atoms with E-state index in [4.69, 9.17) is 10.5 Å². The number of rotatable bonds is 2. The van der Waals surface area contributed by atoms with Crippen molar-refractivity contribution in [2.75, 3.05) is 12.3 Å². The zero-order chi connectivity index (χ0) is 12.8. The third-order valence-electron chi connectivity index (χ3n) is 3.73. The number of anilines is 1. The zero-order valence-corrected chi connectivity index (χ0v) is 10.9. The first-order valence-corrected chi connectivity index (χ1v) is 6.44. The fourth-order valence-corrected chi connectivity index (χ4v) is 2.71. The highest BCUT2D eigenvalue weighted by Crippen LogP contribution is 2.30. The van der Waals surface area contributed by atoms with Crippen molar-refractivity contribution in [3.05, 3.63) is 23.8 Å². The molecular formula is C14H19N3O. The smallest absolute Gasteiger partial charge is 0.201 e. The third-order valence-corrected chi connectivity index (χ3v) is 3.73. The van der Waals surface area contributed by atoms with E-state index in [2.05, 4.69) is 35.5 Å². The standard InChI is InChI=1S/C14H19N3O/c1-10-4-5-11-12(8-10)17(13(15)16-11)9-14(2)6-3-7-18-14/h4-5,8H,3,6-7,9H2,1-2H3,(H2,15,16). The molecule has 1 aromatic heterocycles. The SMILES string of the molecule is Cc1ccc2nc(N)n(CC3(C)CCCO3)c2c1. The third kappa shape index (κ3) is 1.86. The quantitative estimate of drug-likeness (QED) is 0.884. The number of fused-ring (bicyclic) bond motifs is 1. The molecule has 1 aliphatic heterocycles. The van der Waals surface area contributed by atoms with Crippen LogP contribution in [0.4, 0.5) is 5.95 Å². The first-order valence-electron chi connectivity index (χ1n) is 6.44. The molecule has 2 aromatic rings. The van der Waals surface area contributed by atoms with Gasteiger partial charge in [-0.2, -0.15) is 0 Å². The molecule has 1 saturated heterocycles.